The maximum Gasteiger partial charge on any atom is 0.166 e. The number of hydrogen-bond acceptors (Lipinski definition) is 2. The van der Waals surface area contributed by atoms with Crippen LogP contribution >= 0.6 is 15.9 Å². The zero-order chi connectivity index (χ0) is 12.3. The van der Waals surface area contributed by atoms with Gasteiger partial charge in [0.15, 0.2) is 11.6 Å². The summed E-state index contributed by atoms with van der Waals surface area (Å²) in [7, 11) is 0. The van der Waals surface area contributed by atoms with Gasteiger partial charge in [0, 0.05) is 28.8 Å². The van der Waals surface area contributed by atoms with Crippen molar-refractivity contribution in [3.63, 3.8) is 0 Å². The van der Waals surface area contributed by atoms with Gasteiger partial charge in [-0.25, -0.2) is 0 Å². The number of carbonyl (C=O) groups is 2. The van der Waals surface area contributed by atoms with Gasteiger partial charge in [0.05, 0.1) is 0 Å². The van der Waals surface area contributed by atoms with Gasteiger partial charge in [-0.2, -0.15) is 0 Å². The zero-order valence-corrected chi connectivity index (χ0v) is 11.2. The van der Waals surface area contributed by atoms with E-state index in [0.717, 1.165) is 18.2 Å². The molecule has 17 heavy (non-hydrogen) atoms. The lowest BCUT2D eigenvalue weighted by atomic mass is 9.91. The Morgan fingerprint density at radius 2 is 1.88 bits per heavy atom. The number of alkyl halides is 1. The Hall–Kier alpha value is -0.960. The molecule has 0 spiro atoms. The van der Waals surface area contributed by atoms with Gasteiger partial charge in [-0.05, 0) is 19.3 Å². The molecule has 2 nitrogen and oxygen atoms in total. The largest absolute Gasteiger partial charge is 0.294 e. The van der Waals surface area contributed by atoms with Crippen LogP contribution in [0.15, 0.2) is 24.3 Å². The van der Waals surface area contributed by atoms with E-state index in [4.69, 9.17) is 0 Å². The Morgan fingerprint density at radius 1 is 1.18 bits per heavy atom. The van der Waals surface area contributed by atoms with Crippen LogP contribution in [0, 0.1) is 5.92 Å². The molecule has 3 heteroatoms. The van der Waals surface area contributed by atoms with Gasteiger partial charge >= 0.3 is 0 Å². The molecule has 0 bridgehead atoms. The molecule has 1 unspecified atom stereocenters. The minimum Gasteiger partial charge on any atom is -0.294 e. The number of hydrogen-bond donors (Lipinski definition) is 0. The number of carbonyl (C=O) groups excluding carboxylic acids is 2. The van der Waals surface area contributed by atoms with Gasteiger partial charge in [0.2, 0.25) is 0 Å². The molecule has 1 aromatic carbocycles. The summed E-state index contributed by atoms with van der Waals surface area (Å²) >= 11 is 3.38. The van der Waals surface area contributed by atoms with Crippen molar-refractivity contribution in [2.75, 3.05) is 5.33 Å². The van der Waals surface area contributed by atoms with Crippen molar-refractivity contribution in [2.24, 2.45) is 5.92 Å². The van der Waals surface area contributed by atoms with Crippen LogP contribution < -0.4 is 0 Å². The molecule has 0 fully saturated rings. The van der Waals surface area contributed by atoms with Gasteiger partial charge in [0.1, 0.15) is 0 Å². The maximum atomic E-state index is 12.3. The van der Waals surface area contributed by atoms with E-state index in [2.05, 4.69) is 15.9 Å². The second-order valence-corrected chi connectivity index (χ2v) is 5.19. The number of fused-ring (bicyclic) bond motifs is 1. The third-order valence-corrected chi connectivity index (χ3v) is 3.83. The van der Waals surface area contributed by atoms with E-state index in [1.807, 2.05) is 12.1 Å². The smallest absolute Gasteiger partial charge is 0.166 e. The first-order valence-corrected chi connectivity index (χ1v) is 7.08. The van der Waals surface area contributed by atoms with Crippen LogP contribution in [0.4, 0.5) is 0 Å². The van der Waals surface area contributed by atoms with Crippen molar-refractivity contribution in [2.45, 2.75) is 25.7 Å². The fourth-order valence-electron chi connectivity index (χ4n) is 2.33. The van der Waals surface area contributed by atoms with E-state index in [1.54, 1.807) is 12.1 Å². The Morgan fingerprint density at radius 3 is 2.59 bits per heavy atom. The Labute approximate surface area is 110 Å². The van der Waals surface area contributed by atoms with Crippen molar-refractivity contribution in [1.82, 2.24) is 0 Å². The predicted molar refractivity (Wildman–Crippen MR) is 70.9 cm³/mol. The summed E-state index contributed by atoms with van der Waals surface area (Å²) in [6.45, 7) is 0. The molecule has 0 radical (unpaired) electrons. The van der Waals surface area contributed by atoms with Gasteiger partial charge in [-0.15, -0.1) is 0 Å². The highest BCUT2D eigenvalue weighted by Gasteiger charge is 2.28. The van der Waals surface area contributed by atoms with Crippen LogP contribution in [-0.2, 0) is 0 Å². The normalized spacial score (nSPS) is 19.9. The van der Waals surface area contributed by atoms with Crippen LogP contribution in [-0.4, -0.2) is 16.9 Å². The quantitative estimate of drug-likeness (QED) is 0.630. The van der Waals surface area contributed by atoms with Crippen molar-refractivity contribution in [3.05, 3.63) is 35.4 Å². The predicted octanol–water partition coefficient (Wildman–Crippen LogP) is 3.64. The summed E-state index contributed by atoms with van der Waals surface area (Å²) in [4.78, 5) is 24.2. The van der Waals surface area contributed by atoms with E-state index >= 15 is 0 Å². The minimum absolute atomic E-state index is 0.0140. The summed E-state index contributed by atoms with van der Waals surface area (Å²) in [6.07, 6.45) is 3.04. The Bertz CT molecular complexity index is 440. The van der Waals surface area contributed by atoms with E-state index < -0.39 is 0 Å². The number of benzene rings is 1. The molecular weight excluding hydrogens is 280 g/mol. The van der Waals surface area contributed by atoms with E-state index in [9.17, 15) is 9.59 Å². The second kappa shape index (κ2) is 5.58. The molecule has 1 aliphatic rings. The summed E-state index contributed by atoms with van der Waals surface area (Å²) in [5, 5.41) is 0.909. The fourth-order valence-corrected chi connectivity index (χ4v) is 2.65. The molecule has 0 N–H and O–H groups in total. The maximum absolute atomic E-state index is 12.3. The van der Waals surface area contributed by atoms with E-state index in [-0.39, 0.29) is 17.5 Å². The van der Waals surface area contributed by atoms with Crippen LogP contribution in [0.1, 0.15) is 46.4 Å². The van der Waals surface area contributed by atoms with Crippen molar-refractivity contribution < 1.29 is 9.59 Å². The highest BCUT2D eigenvalue weighted by atomic mass is 79.9. The molecule has 0 heterocycles. The first-order valence-electron chi connectivity index (χ1n) is 5.96. The highest BCUT2D eigenvalue weighted by molar-refractivity contribution is 9.09. The molecule has 0 saturated heterocycles. The summed E-state index contributed by atoms with van der Waals surface area (Å²) in [5.41, 5.74) is 1.23. The number of rotatable bonds is 3. The second-order valence-electron chi connectivity index (χ2n) is 4.40. The zero-order valence-electron chi connectivity index (χ0n) is 9.62. The van der Waals surface area contributed by atoms with Crippen molar-refractivity contribution in [1.29, 1.82) is 0 Å². The van der Waals surface area contributed by atoms with Crippen LogP contribution in [0.25, 0.3) is 0 Å². The Balaban J connectivity index is 2.30. The van der Waals surface area contributed by atoms with Crippen LogP contribution in [0.3, 0.4) is 0 Å². The first kappa shape index (κ1) is 12.5. The minimum atomic E-state index is 0.0140. The molecule has 1 aliphatic carbocycles. The molecule has 1 aromatic rings. The molecule has 1 atom stereocenters. The number of halogens is 1. The van der Waals surface area contributed by atoms with E-state index in [0.29, 0.717) is 24.0 Å². The molecule has 2 rings (SSSR count). The van der Waals surface area contributed by atoms with Crippen molar-refractivity contribution in [3.8, 4) is 0 Å². The number of Topliss-reactive ketones (excluding diaryl/α,β-unsaturated/α-hetero) is 2. The molecule has 90 valence electrons. The summed E-state index contributed by atoms with van der Waals surface area (Å²) in [6, 6.07) is 7.20. The topological polar surface area (TPSA) is 34.1 Å². The molecular formula is C14H15BrO2. The number of ketones is 2. The summed E-state index contributed by atoms with van der Waals surface area (Å²) in [5.74, 6) is 0.267. The first-order chi connectivity index (χ1) is 8.24. The highest BCUT2D eigenvalue weighted by Crippen LogP contribution is 2.27. The fraction of sp³-hybridized carbons (Fsp3) is 0.429. The molecule has 0 saturated carbocycles. The lowest BCUT2D eigenvalue weighted by Gasteiger charge is -2.11. The van der Waals surface area contributed by atoms with Crippen LogP contribution in [0.2, 0.25) is 0 Å². The third kappa shape index (κ3) is 2.65. The molecule has 0 aliphatic heterocycles. The standard InChI is InChI=1S/C14H15BrO2/c15-9-3-4-10-7-8-13(16)11-5-1-2-6-12(11)14(10)17/h1-2,5-6,10H,3-4,7-9H2. The Kier molecular flexibility index (Phi) is 4.11. The monoisotopic (exact) mass is 294 g/mol. The lowest BCUT2D eigenvalue weighted by Crippen LogP contribution is -2.14. The molecule has 0 amide bonds. The SMILES string of the molecule is O=C1CCC(CCCBr)C(=O)c2ccccc21. The third-order valence-electron chi connectivity index (χ3n) is 3.27. The average Bonchev–Trinajstić information content (AvgIpc) is 2.48. The van der Waals surface area contributed by atoms with Gasteiger partial charge in [-0.3, -0.25) is 9.59 Å². The van der Waals surface area contributed by atoms with Gasteiger partial charge in [-0.1, -0.05) is 40.2 Å². The van der Waals surface area contributed by atoms with E-state index in [1.165, 1.54) is 0 Å². The van der Waals surface area contributed by atoms with Crippen LogP contribution in [0.5, 0.6) is 0 Å². The van der Waals surface area contributed by atoms with Gasteiger partial charge in [0.25, 0.3) is 0 Å². The van der Waals surface area contributed by atoms with Gasteiger partial charge < -0.3 is 0 Å². The average molecular weight is 295 g/mol. The van der Waals surface area contributed by atoms with Crippen molar-refractivity contribution >= 4 is 27.5 Å². The summed E-state index contributed by atoms with van der Waals surface area (Å²) < 4.78 is 0. The molecule has 0 aromatic heterocycles. The lowest BCUT2D eigenvalue weighted by molar-refractivity contribution is 0.0907.